The maximum absolute atomic E-state index is 13.1. The molecule has 1 amide bonds. The smallest absolute Gasteiger partial charge is 0.344 e. The van der Waals surface area contributed by atoms with Gasteiger partial charge in [0.2, 0.25) is 5.76 Å². The van der Waals surface area contributed by atoms with Crippen molar-refractivity contribution in [1.29, 1.82) is 0 Å². The summed E-state index contributed by atoms with van der Waals surface area (Å²) < 4.78 is 5.55. The Balaban J connectivity index is 1.84. The summed E-state index contributed by atoms with van der Waals surface area (Å²) in [4.78, 5) is 25.6. The third kappa shape index (κ3) is 3.39. The van der Waals surface area contributed by atoms with Gasteiger partial charge >= 0.3 is 5.63 Å². The Hall–Kier alpha value is -2.88. The zero-order valence-corrected chi connectivity index (χ0v) is 15.4. The summed E-state index contributed by atoms with van der Waals surface area (Å²) in [6, 6.07) is 17.0. The van der Waals surface area contributed by atoms with E-state index in [9.17, 15) is 9.59 Å². The molecule has 0 saturated heterocycles. The predicted octanol–water partition coefficient (Wildman–Crippen LogP) is 4.77. The summed E-state index contributed by atoms with van der Waals surface area (Å²) in [5.74, 6) is 0.216. The van der Waals surface area contributed by atoms with E-state index in [1.54, 1.807) is 12.1 Å². The fourth-order valence-electron chi connectivity index (χ4n) is 4.02. The summed E-state index contributed by atoms with van der Waals surface area (Å²) in [6.07, 6.45) is 4.39. The third-order valence-electron chi connectivity index (χ3n) is 5.53. The fraction of sp³-hybridized carbons (Fsp3) is 0.304. The number of carbonyl (C=O) groups excluding carboxylic acids is 1. The maximum Gasteiger partial charge on any atom is 0.344 e. The molecule has 1 aromatic heterocycles. The first-order valence-corrected chi connectivity index (χ1v) is 9.57. The zero-order valence-electron chi connectivity index (χ0n) is 15.4. The summed E-state index contributed by atoms with van der Waals surface area (Å²) in [7, 11) is 0. The Labute approximate surface area is 158 Å². The van der Waals surface area contributed by atoms with Crippen molar-refractivity contribution in [3.05, 3.63) is 70.8 Å². The average Bonchev–Trinajstić information content (AvgIpc) is 2.70. The van der Waals surface area contributed by atoms with Crippen LogP contribution in [0.25, 0.3) is 21.9 Å². The molecule has 1 fully saturated rings. The van der Waals surface area contributed by atoms with Crippen LogP contribution in [0.2, 0.25) is 0 Å². The number of fused-ring (bicyclic) bond motifs is 1. The van der Waals surface area contributed by atoms with Crippen molar-refractivity contribution in [1.82, 2.24) is 5.32 Å². The van der Waals surface area contributed by atoms with E-state index in [-0.39, 0.29) is 17.7 Å². The lowest BCUT2D eigenvalue weighted by Gasteiger charge is -2.29. The largest absolute Gasteiger partial charge is 0.416 e. The van der Waals surface area contributed by atoms with Crippen molar-refractivity contribution in [3.63, 3.8) is 0 Å². The topological polar surface area (TPSA) is 59.3 Å². The number of benzene rings is 2. The normalized spacial score (nSPS) is 19.7. The molecule has 138 valence electrons. The Kier molecular flexibility index (Phi) is 4.80. The number of amides is 1. The van der Waals surface area contributed by atoms with Gasteiger partial charge in [-0.25, -0.2) is 4.79 Å². The average molecular weight is 361 g/mol. The minimum Gasteiger partial charge on any atom is -0.416 e. The standard InChI is InChI=1S/C23H23NO3/c1-15-9-5-8-14-19(15)24-22(25)21-20(16-10-3-2-4-11-16)17-12-6-7-13-18(17)23(26)27-21/h2-4,6-7,10-13,15,19H,5,8-9,14H2,1H3,(H,24,25)/t15-,19+/m1/s1. The number of nitrogens with one attached hydrogen (secondary N) is 1. The quantitative estimate of drug-likeness (QED) is 0.731. The Morgan fingerprint density at radius 1 is 0.963 bits per heavy atom. The van der Waals surface area contributed by atoms with Crippen LogP contribution in [0, 0.1) is 5.92 Å². The first-order chi connectivity index (χ1) is 13.1. The van der Waals surface area contributed by atoms with Crippen LogP contribution in [-0.2, 0) is 0 Å². The van der Waals surface area contributed by atoms with Gasteiger partial charge < -0.3 is 9.73 Å². The SMILES string of the molecule is C[C@@H]1CCCC[C@@H]1NC(=O)c1oc(=O)c2ccccc2c1-c1ccccc1. The second kappa shape index (κ2) is 7.39. The molecule has 0 spiro atoms. The Morgan fingerprint density at radius 3 is 2.37 bits per heavy atom. The maximum atomic E-state index is 13.1. The van der Waals surface area contributed by atoms with Crippen LogP contribution >= 0.6 is 0 Å². The van der Waals surface area contributed by atoms with Crippen LogP contribution < -0.4 is 10.9 Å². The third-order valence-corrected chi connectivity index (χ3v) is 5.53. The van der Waals surface area contributed by atoms with Crippen molar-refractivity contribution in [2.45, 2.75) is 38.6 Å². The van der Waals surface area contributed by atoms with Crippen molar-refractivity contribution in [3.8, 4) is 11.1 Å². The van der Waals surface area contributed by atoms with Crippen molar-refractivity contribution in [2.24, 2.45) is 5.92 Å². The van der Waals surface area contributed by atoms with Gasteiger partial charge in [0.25, 0.3) is 5.91 Å². The van der Waals surface area contributed by atoms with Crippen molar-refractivity contribution < 1.29 is 9.21 Å². The Bertz CT molecular complexity index is 1020. The van der Waals surface area contributed by atoms with E-state index in [0.29, 0.717) is 16.9 Å². The summed E-state index contributed by atoms with van der Waals surface area (Å²) >= 11 is 0. The van der Waals surface area contributed by atoms with Crippen LogP contribution in [0.1, 0.15) is 43.2 Å². The molecule has 27 heavy (non-hydrogen) atoms. The molecule has 1 aliphatic carbocycles. The lowest BCUT2D eigenvalue weighted by Crippen LogP contribution is -2.41. The molecule has 1 aliphatic rings. The molecule has 1 heterocycles. The highest BCUT2D eigenvalue weighted by molar-refractivity contribution is 6.07. The molecular weight excluding hydrogens is 338 g/mol. The van der Waals surface area contributed by atoms with Crippen LogP contribution in [0.3, 0.4) is 0 Å². The second-order valence-electron chi connectivity index (χ2n) is 7.35. The molecule has 2 atom stereocenters. The first-order valence-electron chi connectivity index (χ1n) is 9.57. The Morgan fingerprint density at radius 2 is 1.63 bits per heavy atom. The van der Waals surface area contributed by atoms with Gasteiger partial charge in [-0.15, -0.1) is 0 Å². The molecule has 0 aliphatic heterocycles. The molecule has 4 rings (SSSR count). The molecule has 4 heteroatoms. The second-order valence-corrected chi connectivity index (χ2v) is 7.35. The van der Waals surface area contributed by atoms with E-state index in [1.807, 2.05) is 42.5 Å². The van der Waals surface area contributed by atoms with E-state index in [4.69, 9.17) is 4.42 Å². The van der Waals surface area contributed by atoms with Gasteiger partial charge in [0.05, 0.1) is 5.39 Å². The summed E-state index contributed by atoms with van der Waals surface area (Å²) in [5.41, 5.74) is 1.05. The van der Waals surface area contributed by atoms with Crippen molar-refractivity contribution >= 4 is 16.7 Å². The van der Waals surface area contributed by atoms with E-state index in [0.717, 1.165) is 30.2 Å². The van der Waals surface area contributed by atoms with Gasteiger partial charge in [-0.05, 0) is 30.4 Å². The van der Waals surface area contributed by atoms with E-state index in [1.165, 1.54) is 6.42 Å². The van der Waals surface area contributed by atoms with E-state index in [2.05, 4.69) is 12.2 Å². The summed E-state index contributed by atoms with van der Waals surface area (Å²) in [6.45, 7) is 2.17. The molecule has 0 unspecified atom stereocenters. The van der Waals surface area contributed by atoms with E-state index < -0.39 is 5.63 Å². The minimum absolute atomic E-state index is 0.0997. The van der Waals surface area contributed by atoms with Gasteiger partial charge in [0.1, 0.15) is 0 Å². The molecule has 3 aromatic rings. The highest BCUT2D eigenvalue weighted by atomic mass is 16.4. The molecular formula is C23H23NO3. The van der Waals surface area contributed by atoms with Gasteiger partial charge in [-0.1, -0.05) is 68.3 Å². The highest BCUT2D eigenvalue weighted by Gasteiger charge is 2.27. The number of rotatable bonds is 3. The van der Waals surface area contributed by atoms with Gasteiger partial charge in [-0.2, -0.15) is 0 Å². The van der Waals surface area contributed by atoms with E-state index >= 15 is 0 Å². The fourth-order valence-corrected chi connectivity index (χ4v) is 4.02. The van der Waals surface area contributed by atoms with Crippen LogP contribution in [0.4, 0.5) is 0 Å². The van der Waals surface area contributed by atoms with Gasteiger partial charge in [-0.3, -0.25) is 4.79 Å². The summed E-state index contributed by atoms with van der Waals surface area (Å²) in [5, 5.41) is 4.34. The highest BCUT2D eigenvalue weighted by Crippen LogP contribution is 2.31. The number of carbonyl (C=O) groups is 1. The molecule has 1 N–H and O–H groups in total. The number of hydrogen-bond donors (Lipinski definition) is 1. The minimum atomic E-state index is -0.480. The lowest BCUT2D eigenvalue weighted by atomic mass is 9.86. The van der Waals surface area contributed by atoms with Crippen molar-refractivity contribution in [2.75, 3.05) is 0 Å². The molecule has 1 saturated carbocycles. The molecule has 2 aromatic carbocycles. The molecule has 0 bridgehead atoms. The lowest BCUT2D eigenvalue weighted by molar-refractivity contribution is 0.0879. The predicted molar refractivity (Wildman–Crippen MR) is 107 cm³/mol. The molecule has 4 nitrogen and oxygen atoms in total. The van der Waals surface area contributed by atoms with Crippen LogP contribution in [0.5, 0.6) is 0 Å². The first kappa shape index (κ1) is 17.5. The molecule has 0 radical (unpaired) electrons. The van der Waals surface area contributed by atoms with Gasteiger partial charge in [0.15, 0.2) is 0 Å². The van der Waals surface area contributed by atoms with Crippen LogP contribution in [-0.4, -0.2) is 11.9 Å². The zero-order chi connectivity index (χ0) is 18.8. The van der Waals surface area contributed by atoms with Crippen LogP contribution in [0.15, 0.2) is 63.8 Å². The monoisotopic (exact) mass is 361 g/mol. The van der Waals surface area contributed by atoms with Gasteiger partial charge in [0, 0.05) is 17.0 Å². The number of hydrogen-bond acceptors (Lipinski definition) is 3.